The van der Waals surface area contributed by atoms with Gasteiger partial charge in [-0.3, -0.25) is 19.2 Å². The normalized spacial score (nSPS) is 13.8. The molecule has 7 heteroatoms. The van der Waals surface area contributed by atoms with Gasteiger partial charge in [0.25, 0.3) is 0 Å². The van der Waals surface area contributed by atoms with Gasteiger partial charge in [0, 0.05) is 5.92 Å². The van der Waals surface area contributed by atoms with Crippen LogP contribution in [0, 0.1) is 11.8 Å². The molecule has 0 spiro atoms. The van der Waals surface area contributed by atoms with Gasteiger partial charge >= 0.3 is 11.9 Å². The fraction of sp³-hybridized carbons (Fsp3) is 0.500. The number of ketones is 2. The Kier molecular flexibility index (Phi) is 8.65. The van der Waals surface area contributed by atoms with Crippen molar-refractivity contribution in [3.63, 3.8) is 0 Å². The van der Waals surface area contributed by atoms with Crippen molar-refractivity contribution >= 4 is 23.5 Å². The minimum Gasteiger partial charge on any atom is -0.497 e. The predicted molar refractivity (Wildman–Crippen MR) is 97.3 cm³/mol. The molecule has 0 aliphatic rings. The molecule has 1 unspecified atom stereocenters. The molecule has 1 aromatic carbocycles. The molecule has 3 atom stereocenters. The van der Waals surface area contributed by atoms with Gasteiger partial charge in [-0.1, -0.05) is 12.1 Å². The van der Waals surface area contributed by atoms with Gasteiger partial charge < -0.3 is 14.2 Å². The Balaban J connectivity index is 3.56. The molecule has 0 radical (unpaired) electrons. The highest BCUT2D eigenvalue weighted by Gasteiger charge is 2.45. The summed E-state index contributed by atoms with van der Waals surface area (Å²) >= 11 is 0. The Labute approximate surface area is 159 Å². The number of ether oxygens (including phenoxy) is 3. The van der Waals surface area contributed by atoms with Crippen molar-refractivity contribution in [3.8, 4) is 5.75 Å². The van der Waals surface area contributed by atoms with E-state index in [-0.39, 0.29) is 13.2 Å². The summed E-state index contributed by atoms with van der Waals surface area (Å²) in [4.78, 5) is 49.6. The molecule has 27 heavy (non-hydrogen) atoms. The van der Waals surface area contributed by atoms with E-state index in [1.165, 1.54) is 21.0 Å². The monoisotopic (exact) mass is 378 g/mol. The Morgan fingerprint density at radius 3 is 1.52 bits per heavy atom. The standard InChI is InChI=1S/C20H26O7/c1-6-26-19(23)16(12(3)21)18(14-8-10-15(25-5)11-9-14)17(13(4)22)20(24)27-7-2/h8-11,16-18H,6-7H2,1-5H3/t16-,17+,18?. The third-order valence-electron chi connectivity index (χ3n) is 4.18. The highest BCUT2D eigenvalue weighted by atomic mass is 16.5. The molecule has 0 bridgehead atoms. The van der Waals surface area contributed by atoms with Crippen LogP contribution in [0.15, 0.2) is 24.3 Å². The van der Waals surface area contributed by atoms with Gasteiger partial charge in [-0.2, -0.15) is 0 Å². The zero-order chi connectivity index (χ0) is 20.6. The first-order valence-electron chi connectivity index (χ1n) is 8.76. The molecule has 0 fully saturated rings. The van der Waals surface area contributed by atoms with Gasteiger partial charge in [0.05, 0.1) is 20.3 Å². The summed E-state index contributed by atoms with van der Waals surface area (Å²) < 4.78 is 15.2. The van der Waals surface area contributed by atoms with Crippen LogP contribution < -0.4 is 4.74 Å². The zero-order valence-corrected chi connectivity index (χ0v) is 16.3. The van der Waals surface area contributed by atoms with Crippen molar-refractivity contribution in [2.75, 3.05) is 20.3 Å². The number of esters is 2. The van der Waals surface area contributed by atoms with Crippen LogP contribution in [-0.2, 0) is 28.7 Å². The first kappa shape index (κ1) is 22.3. The molecule has 0 aliphatic heterocycles. The Morgan fingerprint density at radius 2 is 1.22 bits per heavy atom. The molecule has 0 saturated carbocycles. The van der Waals surface area contributed by atoms with Crippen LogP contribution in [-0.4, -0.2) is 43.8 Å². The number of Topliss-reactive ketones (excluding diaryl/α,β-unsaturated/α-hetero) is 2. The van der Waals surface area contributed by atoms with Crippen LogP contribution >= 0.6 is 0 Å². The Bertz CT molecular complexity index is 642. The maximum absolute atomic E-state index is 12.5. The lowest BCUT2D eigenvalue weighted by molar-refractivity contribution is -0.157. The largest absolute Gasteiger partial charge is 0.497 e. The van der Waals surface area contributed by atoms with Crippen LogP contribution in [0.1, 0.15) is 39.2 Å². The molecular weight excluding hydrogens is 352 g/mol. The Hall–Kier alpha value is -2.70. The maximum Gasteiger partial charge on any atom is 0.317 e. The number of rotatable bonds is 10. The Morgan fingerprint density at radius 1 is 0.815 bits per heavy atom. The van der Waals surface area contributed by atoms with Crippen molar-refractivity contribution in [1.29, 1.82) is 0 Å². The molecule has 148 valence electrons. The molecule has 0 N–H and O–H groups in total. The van der Waals surface area contributed by atoms with E-state index in [9.17, 15) is 19.2 Å². The lowest BCUT2D eigenvalue weighted by Gasteiger charge is -2.29. The molecule has 7 nitrogen and oxygen atoms in total. The van der Waals surface area contributed by atoms with Crippen molar-refractivity contribution in [3.05, 3.63) is 29.8 Å². The van der Waals surface area contributed by atoms with E-state index in [2.05, 4.69) is 0 Å². The van der Waals surface area contributed by atoms with Crippen molar-refractivity contribution < 1.29 is 33.4 Å². The zero-order valence-electron chi connectivity index (χ0n) is 16.3. The van der Waals surface area contributed by atoms with Crippen LogP contribution in [0.2, 0.25) is 0 Å². The summed E-state index contributed by atoms with van der Waals surface area (Å²) in [6, 6.07) is 6.50. The van der Waals surface area contributed by atoms with Crippen LogP contribution in [0.5, 0.6) is 5.75 Å². The highest BCUT2D eigenvalue weighted by molar-refractivity contribution is 6.04. The van der Waals surface area contributed by atoms with E-state index in [0.29, 0.717) is 11.3 Å². The lowest BCUT2D eigenvalue weighted by atomic mass is 9.73. The second-order valence-electron chi connectivity index (χ2n) is 5.98. The van der Waals surface area contributed by atoms with E-state index in [1.807, 2.05) is 0 Å². The third-order valence-corrected chi connectivity index (χ3v) is 4.18. The average molecular weight is 378 g/mol. The van der Waals surface area contributed by atoms with E-state index in [1.54, 1.807) is 38.1 Å². The highest BCUT2D eigenvalue weighted by Crippen LogP contribution is 2.36. The predicted octanol–water partition coefficient (Wildman–Crippen LogP) is 2.32. The van der Waals surface area contributed by atoms with Gasteiger partial charge in [-0.05, 0) is 45.4 Å². The molecule has 0 aliphatic carbocycles. The molecule has 0 heterocycles. The first-order chi connectivity index (χ1) is 12.8. The first-order valence-corrected chi connectivity index (χ1v) is 8.76. The number of benzene rings is 1. The summed E-state index contributed by atoms with van der Waals surface area (Å²) in [6.07, 6.45) is 0. The topological polar surface area (TPSA) is 96.0 Å². The molecule has 1 rings (SSSR count). The number of hydrogen-bond donors (Lipinski definition) is 0. The van der Waals surface area contributed by atoms with Crippen LogP contribution in [0.3, 0.4) is 0 Å². The molecular formula is C20H26O7. The number of methoxy groups -OCH3 is 1. The van der Waals surface area contributed by atoms with Gasteiger partial charge in [-0.15, -0.1) is 0 Å². The summed E-state index contributed by atoms with van der Waals surface area (Å²) in [5, 5.41) is 0. The second-order valence-corrected chi connectivity index (χ2v) is 5.98. The maximum atomic E-state index is 12.5. The van der Waals surface area contributed by atoms with Crippen LogP contribution in [0.4, 0.5) is 0 Å². The second kappa shape index (κ2) is 10.4. The summed E-state index contributed by atoms with van der Waals surface area (Å²) in [7, 11) is 1.50. The number of carbonyl (C=O) groups is 4. The van der Waals surface area contributed by atoms with Gasteiger partial charge in [0.15, 0.2) is 0 Å². The fourth-order valence-corrected chi connectivity index (χ4v) is 3.00. The van der Waals surface area contributed by atoms with E-state index < -0.39 is 41.3 Å². The van der Waals surface area contributed by atoms with E-state index >= 15 is 0 Å². The fourth-order valence-electron chi connectivity index (χ4n) is 3.00. The van der Waals surface area contributed by atoms with E-state index in [0.717, 1.165) is 0 Å². The minimum atomic E-state index is -1.31. The molecule has 0 aromatic heterocycles. The quantitative estimate of drug-likeness (QED) is 0.455. The van der Waals surface area contributed by atoms with E-state index in [4.69, 9.17) is 14.2 Å². The molecule has 1 aromatic rings. The average Bonchev–Trinajstić information content (AvgIpc) is 2.61. The number of hydrogen-bond acceptors (Lipinski definition) is 7. The summed E-state index contributed by atoms with van der Waals surface area (Å²) in [5.74, 6) is -5.64. The van der Waals surface area contributed by atoms with Gasteiger partial charge in [0.1, 0.15) is 29.2 Å². The van der Waals surface area contributed by atoms with Crippen molar-refractivity contribution in [1.82, 2.24) is 0 Å². The SMILES string of the molecule is CCOC(=O)[C@@H](C(C)=O)C(c1ccc(OC)cc1)[C@@H](C(C)=O)C(=O)OCC. The van der Waals surface area contributed by atoms with Gasteiger partial charge in [0.2, 0.25) is 0 Å². The van der Waals surface area contributed by atoms with Crippen LogP contribution in [0.25, 0.3) is 0 Å². The third kappa shape index (κ3) is 5.64. The molecule has 0 amide bonds. The lowest BCUT2D eigenvalue weighted by Crippen LogP contribution is -2.40. The minimum absolute atomic E-state index is 0.0715. The van der Waals surface area contributed by atoms with Crippen molar-refractivity contribution in [2.45, 2.75) is 33.6 Å². The molecule has 0 saturated heterocycles. The van der Waals surface area contributed by atoms with Gasteiger partial charge in [-0.25, -0.2) is 0 Å². The smallest absolute Gasteiger partial charge is 0.317 e. The summed E-state index contributed by atoms with van der Waals surface area (Å²) in [6.45, 7) is 5.85. The van der Waals surface area contributed by atoms with Crippen molar-refractivity contribution in [2.24, 2.45) is 11.8 Å². The summed E-state index contributed by atoms with van der Waals surface area (Å²) in [5.41, 5.74) is 0.470. The number of carbonyl (C=O) groups excluding carboxylic acids is 4.